The molecule has 0 saturated carbocycles. The average molecular weight is 294 g/mol. The molecule has 0 radical (unpaired) electrons. The van der Waals surface area contributed by atoms with Gasteiger partial charge in [-0.15, -0.1) is 0 Å². The third kappa shape index (κ3) is 3.08. The van der Waals surface area contributed by atoms with Crippen molar-refractivity contribution < 1.29 is 14.3 Å². The number of hydrogen-bond acceptors (Lipinski definition) is 2. The molecule has 0 heterocycles. The predicted molar refractivity (Wildman–Crippen MR) is 76.9 cm³/mol. The fraction of sp³-hybridized carbons (Fsp3) is 0.133. The van der Waals surface area contributed by atoms with Gasteiger partial charge >= 0.3 is 5.97 Å². The van der Waals surface area contributed by atoms with Gasteiger partial charge in [0.2, 0.25) is 0 Å². The second-order valence-electron chi connectivity index (χ2n) is 4.42. The van der Waals surface area contributed by atoms with E-state index in [4.69, 9.17) is 11.6 Å². The summed E-state index contributed by atoms with van der Waals surface area (Å²) in [6, 6.07) is 11.0. The summed E-state index contributed by atoms with van der Waals surface area (Å²) in [6.45, 7) is 0.459. The van der Waals surface area contributed by atoms with E-state index in [0.29, 0.717) is 12.2 Å². The summed E-state index contributed by atoms with van der Waals surface area (Å²) in [5, 5.41) is 9.43. The molecule has 0 atom stereocenters. The highest BCUT2D eigenvalue weighted by molar-refractivity contribution is 6.34. The van der Waals surface area contributed by atoms with E-state index >= 15 is 0 Å². The molecule has 2 rings (SSSR count). The molecule has 0 bridgehead atoms. The van der Waals surface area contributed by atoms with Crippen LogP contribution < -0.4 is 4.90 Å². The van der Waals surface area contributed by atoms with E-state index < -0.39 is 5.97 Å². The van der Waals surface area contributed by atoms with Crippen LogP contribution in [0.4, 0.5) is 10.1 Å². The lowest BCUT2D eigenvalue weighted by molar-refractivity contribution is 0.0697. The van der Waals surface area contributed by atoms with Gasteiger partial charge in [-0.3, -0.25) is 0 Å². The zero-order chi connectivity index (χ0) is 14.7. The minimum absolute atomic E-state index is 0.0683. The molecule has 0 aromatic heterocycles. The van der Waals surface area contributed by atoms with E-state index in [-0.39, 0.29) is 16.4 Å². The van der Waals surface area contributed by atoms with Crippen molar-refractivity contribution in [3.63, 3.8) is 0 Å². The highest BCUT2D eigenvalue weighted by atomic mass is 35.5. The van der Waals surface area contributed by atoms with E-state index in [1.807, 2.05) is 0 Å². The van der Waals surface area contributed by atoms with Crippen LogP contribution in [0, 0.1) is 5.82 Å². The lowest BCUT2D eigenvalue weighted by Crippen LogP contribution is -2.19. The molecule has 104 valence electrons. The van der Waals surface area contributed by atoms with Crippen molar-refractivity contribution in [1.82, 2.24) is 0 Å². The zero-order valence-electron chi connectivity index (χ0n) is 10.8. The molecule has 20 heavy (non-hydrogen) atoms. The van der Waals surface area contributed by atoms with Gasteiger partial charge in [-0.2, -0.15) is 0 Å². The van der Waals surface area contributed by atoms with E-state index in [1.54, 1.807) is 42.3 Å². The number of carboxylic acids is 1. The van der Waals surface area contributed by atoms with Crippen LogP contribution in [0.1, 0.15) is 15.9 Å². The van der Waals surface area contributed by atoms with Gasteiger partial charge < -0.3 is 10.0 Å². The Balaban J connectivity index is 2.29. The molecule has 0 aliphatic carbocycles. The number of aromatic carboxylic acids is 1. The summed E-state index contributed by atoms with van der Waals surface area (Å²) in [6.07, 6.45) is 0. The summed E-state index contributed by atoms with van der Waals surface area (Å²) < 4.78 is 12.9. The number of carbonyl (C=O) groups is 1. The lowest BCUT2D eigenvalue weighted by Gasteiger charge is -2.21. The summed E-state index contributed by atoms with van der Waals surface area (Å²) in [5.74, 6) is -1.37. The number of carboxylic acid groups (broad SMARTS) is 1. The quantitative estimate of drug-likeness (QED) is 0.932. The molecule has 5 heteroatoms. The van der Waals surface area contributed by atoms with Gasteiger partial charge in [-0.05, 0) is 29.8 Å². The summed E-state index contributed by atoms with van der Waals surface area (Å²) in [7, 11) is 1.77. The molecular formula is C15H13ClFNO2. The van der Waals surface area contributed by atoms with Crippen LogP contribution in [0.15, 0.2) is 42.5 Å². The van der Waals surface area contributed by atoms with Crippen LogP contribution in [0.2, 0.25) is 5.02 Å². The van der Waals surface area contributed by atoms with Crippen LogP contribution in [0.25, 0.3) is 0 Å². The van der Waals surface area contributed by atoms with Gasteiger partial charge in [-0.25, -0.2) is 9.18 Å². The maximum atomic E-state index is 12.9. The molecule has 0 saturated heterocycles. The Labute approximate surface area is 121 Å². The molecule has 3 nitrogen and oxygen atoms in total. The third-order valence-electron chi connectivity index (χ3n) is 2.95. The standard InChI is InChI=1S/C15H13ClFNO2/c1-18(9-10-5-7-11(17)8-6-10)13-4-2-3-12(16)14(13)15(19)20/h2-8H,9H2,1H3,(H,19,20). The Bertz CT molecular complexity index is 628. The summed E-state index contributed by atoms with van der Waals surface area (Å²) in [5.41, 5.74) is 1.47. The Morgan fingerprint density at radius 2 is 1.90 bits per heavy atom. The predicted octanol–water partition coefficient (Wildman–Crippen LogP) is 3.81. The number of nitrogens with zero attached hydrogens (tertiary/aromatic N) is 1. The largest absolute Gasteiger partial charge is 0.478 e. The smallest absolute Gasteiger partial charge is 0.339 e. The van der Waals surface area contributed by atoms with Crippen molar-refractivity contribution in [3.05, 3.63) is 64.4 Å². The molecule has 2 aromatic carbocycles. The molecule has 0 unspecified atom stereocenters. The van der Waals surface area contributed by atoms with E-state index in [2.05, 4.69) is 0 Å². The highest BCUT2D eigenvalue weighted by Gasteiger charge is 2.17. The molecule has 2 aromatic rings. The normalized spacial score (nSPS) is 10.3. The lowest BCUT2D eigenvalue weighted by atomic mass is 10.1. The van der Waals surface area contributed by atoms with Crippen LogP contribution in [-0.2, 0) is 6.54 Å². The maximum absolute atomic E-state index is 12.9. The summed E-state index contributed by atoms with van der Waals surface area (Å²) >= 11 is 5.94. The van der Waals surface area contributed by atoms with Gasteiger partial charge in [0.05, 0.1) is 10.7 Å². The van der Waals surface area contributed by atoms with Crippen molar-refractivity contribution in [3.8, 4) is 0 Å². The fourth-order valence-corrected chi connectivity index (χ4v) is 2.24. The minimum Gasteiger partial charge on any atom is -0.478 e. The Kier molecular flexibility index (Phi) is 4.25. The molecule has 0 aliphatic rings. The number of rotatable bonds is 4. The third-order valence-corrected chi connectivity index (χ3v) is 3.26. The fourth-order valence-electron chi connectivity index (χ4n) is 1.99. The Hall–Kier alpha value is -2.07. The molecule has 0 aliphatic heterocycles. The maximum Gasteiger partial charge on any atom is 0.339 e. The Morgan fingerprint density at radius 1 is 1.25 bits per heavy atom. The molecule has 0 amide bonds. The monoisotopic (exact) mass is 293 g/mol. The first-order valence-electron chi connectivity index (χ1n) is 5.96. The SMILES string of the molecule is CN(Cc1ccc(F)cc1)c1cccc(Cl)c1C(=O)O. The number of benzene rings is 2. The van der Waals surface area contributed by atoms with Gasteiger partial charge in [0.1, 0.15) is 11.4 Å². The molecule has 0 fully saturated rings. The van der Waals surface area contributed by atoms with Crippen molar-refractivity contribution in [2.75, 3.05) is 11.9 Å². The first-order chi connectivity index (χ1) is 9.49. The van der Waals surface area contributed by atoms with E-state index in [9.17, 15) is 14.3 Å². The number of hydrogen-bond donors (Lipinski definition) is 1. The van der Waals surface area contributed by atoms with Crippen molar-refractivity contribution in [1.29, 1.82) is 0 Å². The average Bonchev–Trinajstić information content (AvgIpc) is 2.40. The first kappa shape index (κ1) is 14.3. The second-order valence-corrected chi connectivity index (χ2v) is 4.83. The van der Waals surface area contributed by atoms with E-state index in [0.717, 1.165) is 5.56 Å². The molecule has 0 spiro atoms. The van der Waals surface area contributed by atoms with Gasteiger partial charge in [0.25, 0.3) is 0 Å². The molecular weight excluding hydrogens is 281 g/mol. The summed E-state index contributed by atoms with van der Waals surface area (Å²) in [4.78, 5) is 13.0. The topological polar surface area (TPSA) is 40.5 Å². The number of anilines is 1. The van der Waals surface area contributed by atoms with E-state index in [1.165, 1.54) is 12.1 Å². The van der Waals surface area contributed by atoms with Gasteiger partial charge in [-0.1, -0.05) is 29.8 Å². The first-order valence-corrected chi connectivity index (χ1v) is 6.34. The minimum atomic E-state index is -1.07. The zero-order valence-corrected chi connectivity index (χ0v) is 11.6. The van der Waals surface area contributed by atoms with Crippen molar-refractivity contribution in [2.45, 2.75) is 6.54 Å². The van der Waals surface area contributed by atoms with Gasteiger partial charge in [0.15, 0.2) is 0 Å². The van der Waals surface area contributed by atoms with Crippen LogP contribution >= 0.6 is 11.6 Å². The molecule has 1 N–H and O–H groups in total. The Morgan fingerprint density at radius 3 is 2.50 bits per heavy atom. The van der Waals surface area contributed by atoms with Crippen molar-refractivity contribution in [2.24, 2.45) is 0 Å². The number of halogens is 2. The van der Waals surface area contributed by atoms with Gasteiger partial charge in [0, 0.05) is 13.6 Å². The van der Waals surface area contributed by atoms with Crippen molar-refractivity contribution >= 4 is 23.3 Å². The van der Waals surface area contributed by atoms with Crippen LogP contribution in [-0.4, -0.2) is 18.1 Å². The highest BCUT2D eigenvalue weighted by Crippen LogP contribution is 2.27. The van der Waals surface area contributed by atoms with Crippen LogP contribution in [0.3, 0.4) is 0 Å². The second kappa shape index (κ2) is 5.92. The van der Waals surface area contributed by atoms with Crippen LogP contribution in [0.5, 0.6) is 0 Å².